The molecule has 2 aliphatic rings. The Hall–Kier alpha value is -0.220. The van der Waals surface area contributed by atoms with Crippen molar-refractivity contribution < 1.29 is 0 Å². The van der Waals surface area contributed by atoms with E-state index in [0.29, 0.717) is 5.92 Å². The van der Waals surface area contributed by atoms with Crippen molar-refractivity contribution in [1.82, 2.24) is 9.97 Å². The maximum Gasteiger partial charge on any atom is 0.144 e. The van der Waals surface area contributed by atoms with Crippen molar-refractivity contribution in [1.29, 1.82) is 0 Å². The third-order valence-corrected chi connectivity index (χ3v) is 5.44. The van der Waals surface area contributed by atoms with E-state index in [4.69, 9.17) is 12.2 Å². The fraction of sp³-hybridized carbons (Fsp3) is 0.714. The molecule has 2 nitrogen and oxygen atoms in total. The van der Waals surface area contributed by atoms with Gasteiger partial charge in [0.1, 0.15) is 10.5 Å². The van der Waals surface area contributed by atoms with Gasteiger partial charge in [0.05, 0.1) is 4.47 Å². The number of aryl methyl sites for hydroxylation is 1. The van der Waals surface area contributed by atoms with Gasteiger partial charge in [-0.3, -0.25) is 0 Å². The molecular formula is C14H19BrN2S. The molecule has 1 N–H and O–H groups in total. The summed E-state index contributed by atoms with van der Waals surface area (Å²) in [4.78, 5) is 8.22. The molecule has 0 radical (unpaired) electrons. The summed E-state index contributed by atoms with van der Waals surface area (Å²) in [6.45, 7) is 2.20. The van der Waals surface area contributed by atoms with Crippen LogP contribution in [-0.4, -0.2) is 9.97 Å². The molecule has 0 bridgehead atoms. The largest absolute Gasteiger partial charge is 0.346 e. The van der Waals surface area contributed by atoms with Gasteiger partial charge in [0.2, 0.25) is 0 Å². The highest BCUT2D eigenvalue weighted by molar-refractivity contribution is 9.10. The summed E-state index contributed by atoms with van der Waals surface area (Å²) in [5.74, 6) is 3.55. The Bertz CT molecular complexity index is 491. The van der Waals surface area contributed by atoms with E-state index in [-0.39, 0.29) is 0 Å². The number of hydrogen-bond donors (Lipinski definition) is 1. The molecule has 0 aliphatic heterocycles. The van der Waals surface area contributed by atoms with Crippen LogP contribution in [0.2, 0.25) is 0 Å². The normalized spacial score (nSPS) is 19.5. The van der Waals surface area contributed by atoms with Gasteiger partial charge in [-0.1, -0.05) is 25.6 Å². The third-order valence-electron chi connectivity index (χ3n) is 4.03. The zero-order valence-electron chi connectivity index (χ0n) is 10.7. The molecule has 98 valence electrons. The summed E-state index contributed by atoms with van der Waals surface area (Å²) in [5.41, 5.74) is 1.24. The van der Waals surface area contributed by atoms with Gasteiger partial charge in [0.25, 0.3) is 0 Å². The number of hydrogen-bond acceptors (Lipinski definition) is 2. The second kappa shape index (κ2) is 5.04. The van der Waals surface area contributed by atoms with Crippen LogP contribution in [0, 0.1) is 16.5 Å². The highest BCUT2D eigenvalue weighted by Gasteiger charge is 2.43. The van der Waals surface area contributed by atoms with Crippen LogP contribution >= 0.6 is 28.1 Å². The van der Waals surface area contributed by atoms with E-state index in [9.17, 15) is 0 Å². The molecule has 0 amide bonds. The fourth-order valence-corrected chi connectivity index (χ4v) is 3.45. The van der Waals surface area contributed by atoms with Crippen LogP contribution < -0.4 is 0 Å². The van der Waals surface area contributed by atoms with Gasteiger partial charge in [-0.15, -0.1) is 0 Å². The second-order valence-corrected chi connectivity index (χ2v) is 6.85. The molecule has 1 heterocycles. The van der Waals surface area contributed by atoms with Gasteiger partial charge in [-0.2, -0.15) is 0 Å². The second-order valence-electron chi connectivity index (χ2n) is 5.67. The zero-order chi connectivity index (χ0) is 12.7. The molecule has 0 saturated heterocycles. The first-order valence-corrected chi connectivity index (χ1v) is 8.19. The lowest BCUT2D eigenvalue weighted by Gasteiger charge is -2.16. The van der Waals surface area contributed by atoms with Crippen LogP contribution in [-0.2, 0) is 6.42 Å². The first-order valence-electron chi connectivity index (χ1n) is 6.99. The number of H-pyrrole nitrogens is 1. The number of halogens is 1. The van der Waals surface area contributed by atoms with Gasteiger partial charge in [-0.05, 0) is 59.9 Å². The molecule has 3 rings (SSSR count). The van der Waals surface area contributed by atoms with Crippen molar-refractivity contribution in [3.05, 3.63) is 20.6 Å². The summed E-state index contributed by atoms with van der Waals surface area (Å²) < 4.78 is 1.73. The van der Waals surface area contributed by atoms with E-state index in [2.05, 4.69) is 32.8 Å². The maximum absolute atomic E-state index is 5.40. The number of nitrogens with zero attached hydrogens (tertiary/aromatic N) is 1. The Kier molecular flexibility index (Phi) is 3.59. The van der Waals surface area contributed by atoms with E-state index in [1.807, 2.05) is 0 Å². The first-order chi connectivity index (χ1) is 8.70. The fourth-order valence-electron chi connectivity index (χ4n) is 2.85. The molecule has 2 fully saturated rings. The highest BCUT2D eigenvalue weighted by atomic mass is 79.9. The van der Waals surface area contributed by atoms with Crippen molar-refractivity contribution in [2.75, 3.05) is 0 Å². The summed E-state index contributed by atoms with van der Waals surface area (Å²) in [7, 11) is 0. The lowest BCUT2D eigenvalue weighted by Crippen LogP contribution is -2.11. The Balaban J connectivity index is 1.97. The standard InChI is InChI=1S/C14H19BrN2S/c1-2-3-10-12(15)14(18)17-13(16-10)11(8-4-5-8)9-6-7-9/h8-9,11H,2-7H2,1H3,(H,16,17,18). The lowest BCUT2D eigenvalue weighted by atomic mass is 9.97. The minimum Gasteiger partial charge on any atom is -0.346 e. The van der Waals surface area contributed by atoms with Crippen LogP contribution in [0.15, 0.2) is 4.47 Å². The third kappa shape index (κ3) is 2.55. The van der Waals surface area contributed by atoms with Crippen LogP contribution in [0.4, 0.5) is 0 Å². The average molecular weight is 327 g/mol. The molecule has 0 spiro atoms. The van der Waals surface area contributed by atoms with Crippen LogP contribution in [0.5, 0.6) is 0 Å². The van der Waals surface area contributed by atoms with E-state index in [0.717, 1.165) is 39.6 Å². The smallest absolute Gasteiger partial charge is 0.144 e. The summed E-state index contributed by atoms with van der Waals surface area (Å²) in [6, 6.07) is 0. The molecule has 1 aromatic rings. The molecule has 0 atom stereocenters. The average Bonchev–Trinajstić information content (AvgIpc) is 3.19. The molecule has 4 heteroatoms. The first kappa shape index (κ1) is 12.8. The van der Waals surface area contributed by atoms with Gasteiger partial charge in [0.15, 0.2) is 0 Å². The number of nitrogens with one attached hydrogen (secondary N) is 1. The number of rotatable bonds is 5. The Labute approximate surface area is 122 Å². The monoisotopic (exact) mass is 326 g/mol. The minimum atomic E-state index is 0.649. The van der Waals surface area contributed by atoms with Crippen molar-refractivity contribution in [3.63, 3.8) is 0 Å². The molecule has 2 saturated carbocycles. The quantitative estimate of drug-likeness (QED) is 0.790. The van der Waals surface area contributed by atoms with Gasteiger partial charge in [-0.25, -0.2) is 4.98 Å². The van der Waals surface area contributed by atoms with Gasteiger partial charge >= 0.3 is 0 Å². The lowest BCUT2D eigenvalue weighted by molar-refractivity contribution is 0.504. The molecule has 0 aromatic carbocycles. The predicted molar refractivity (Wildman–Crippen MR) is 79.3 cm³/mol. The van der Waals surface area contributed by atoms with E-state index >= 15 is 0 Å². The minimum absolute atomic E-state index is 0.649. The van der Waals surface area contributed by atoms with E-state index in [1.54, 1.807) is 0 Å². The SMILES string of the molecule is CCCc1[nH]c(C(C2CC2)C2CC2)nc(=S)c1Br. The van der Waals surface area contributed by atoms with Crippen LogP contribution in [0.3, 0.4) is 0 Å². The summed E-state index contributed by atoms with van der Waals surface area (Å²) >= 11 is 8.97. The van der Waals surface area contributed by atoms with Crippen LogP contribution in [0.1, 0.15) is 56.5 Å². The molecule has 0 unspecified atom stereocenters. The summed E-state index contributed by atoms with van der Waals surface area (Å²) in [6.07, 6.45) is 7.68. The molecule has 18 heavy (non-hydrogen) atoms. The Morgan fingerprint density at radius 2 is 1.94 bits per heavy atom. The summed E-state index contributed by atoms with van der Waals surface area (Å²) in [5, 5.41) is 0. The number of aromatic nitrogens is 2. The zero-order valence-corrected chi connectivity index (χ0v) is 13.1. The number of aromatic amines is 1. The maximum atomic E-state index is 5.40. The predicted octanol–water partition coefficient (Wildman–Crippen LogP) is 4.76. The van der Waals surface area contributed by atoms with Crippen LogP contribution in [0.25, 0.3) is 0 Å². The molecule has 2 aliphatic carbocycles. The topological polar surface area (TPSA) is 28.7 Å². The molecular weight excluding hydrogens is 308 g/mol. The Morgan fingerprint density at radius 3 is 2.44 bits per heavy atom. The van der Waals surface area contributed by atoms with Crippen molar-refractivity contribution >= 4 is 28.1 Å². The van der Waals surface area contributed by atoms with Gasteiger partial charge in [0, 0.05) is 11.6 Å². The van der Waals surface area contributed by atoms with Crippen molar-refractivity contribution in [2.45, 2.75) is 51.4 Å². The van der Waals surface area contributed by atoms with Gasteiger partial charge < -0.3 is 4.98 Å². The van der Waals surface area contributed by atoms with E-state index < -0.39 is 0 Å². The van der Waals surface area contributed by atoms with Crippen molar-refractivity contribution in [3.8, 4) is 0 Å². The van der Waals surface area contributed by atoms with Crippen molar-refractivity contribution in [2.24, 2.45) is 11.8 Å². The Morgan fingerprint density at radius 1 is 1.33 bits per heavy atom. The van der Waals surface area contributed by atoms with E-state index in [1.165, 1.54) is 31.4 Å². The highest BCUT2D eigenvalue weighted by Crippen LogP contribution is 2.53. The molecule has 1 aromatic heterocycles.